The fourth-order valence-corrected chi connectivity index (χ4v) is 3.03. The maximum atomic E-state index is 9.50. The standard InChI is InChI=1S/C16H16BrN5/c17-15-7-3-6-13(21-15)12(10-18)14-8-9-19-16(22-14)20-11-4-1-2-5-11/h3,6-9,11,21H,1-2,4-5H2,(H,19,20,22)/b13-12+. The minimum atomic E-state index is 0.443. The summed E-state index contributed by atoms with van der Waals surface area (Å²) >= 11 is 3.38. The molecule has 3 rings (SSSR count). The van der Waals surface area contributed by atoms with Crippen molar-refractivity contribution in [3.05, 3.63) is 46.5 Å². The van der Waals surface area contributed by atoms with Crippen molar-refractivity contribution in [2.75, 3.05) is 5.32 Å². The van der Waals surface area contributed by atoms with E-state index < -0.39 is 0 Å². The largest absolute Gasteiger partial charge is 0.351 e. The van der Waals surface area contributed by atoms with Crippen LogP contribution in [-0.4, -0.2) is 16.0 Å². The lowest BCUT2D eigenvalue weighted by Gasteiger charge is -2.14. The third-order valence-corrected chi connectivity index (χ3v) is 4.20. The molecule has 0 atom stereocenters. The van der Waals surface area contributed by atoms with Crippen molar-refractivity contribution >= 4 is 27.5 Å². The molecule has 0 aromatic carbocycles. The van der Waals surface area contributed by atoms with Crippen LogP contribution in [0.2, 0.25) is 0 Å². The predicted octanol–water partition coefficient (Wildman–Crippen LogP) is 3.46. The highest BCUT2D eigenvalue weighted by molar-refractivity contribution is 9.11. The van der Waals surface area contributed by atoms with Crippen LogP contribution in [0.4, 0.5) is 5.95 Å². The van der Waals surface area contributed by atoms with E-state index in [0.717, 1.165) is 23.1 Å². The first kappa shape index (κ1) is 14.8. The SMILES string of the molecule is N#C/C(=C1/C=CC=C(Br)N1)c1ccnc(NC2CCCC2)n1. The zero-order valence-electron chi connectivity index (χ0n) is 12.0. The van der Waals surface area contributed by atoms with E-state index in [0.29, 0.717) is 23.3 Å². The average Bonchev–Trinajstić information content (AvgIpc) is 3.01. The normalized spacial score (nSPS) is 20.1. The topological polar surface area (TPSA) is 73.6 Å². The minimum Gasteiger partial charge on any atom is -0.351 e. The van der Waals surface area contributed by atoms with E-state index in [9.17, 15) is 5.26 Å². The van der Waals surface area contributed by atoms with E-state index in [1.165, 1.54) is 12.8 Å². The van der Waals surface area contributed by atoms with Gasteiger partial charge < -0.3 is 10.6 Å². The zero-order valence-corrected chi connectivity index (χ0v) is 13.6. The maximum Gasteiger partial charge on any atom is 0.223 e. The van der Waals surface area contributed by atoms with E-state index in [1.807, 2.05) is 18.2 Å². The van der Waals surface area contributed by atoms with Gasteiger partial charge in [0.15, 0.2) is 0 Å². The molecule has 2 aliphatic rings. The van der Waals surface area contributed by atoms with Gasteiger partial charge in [-0.2, -0.15) is 5.26 Å². The Kier molecular flexibility index (Phi) is 4.54. The summed E-state index contributed by atoms with van der Waals surface area (Å²) in [5.41, 5.74) is 1.84. The summed E-state index contributed by atoms with van der Waals surface area (Å²) in [6, 6.07) is 4.43. The van der Waals surface area contributed by atoms with Gasteiger partial charge in [0.1, 0.15) is 11.6 Å². The first-order valence-corrected chi connectivity index (χ1v) is 8.11. The smallest absolute Gasteiger partial charge is 0.223 e. The van der Waals surface area contributed by atoms with Gasteiger partial charge >= 0.3 is 0 Å². The molecule has 2 N–H and O–H groups in total. The lowest BCUT2D eigenvalue weighted by atomic mass is 10.1. The third kappa shape index (κ3) is 3.37. The predicted molar refractivity (Wildman–Crippen MR) is 89.7 cm³/mol. The van der Waals surface area contributed by atoms with Crippen LogP contribution in [0.3, 0.4) is 0 Å². The van der Waals surface area contributed by atoms with Gasteiger partial charge in [-0.05, 0) is 47.0 Å². The van der Waals surface area contributed by atoms with E-state index in [4.69, 9.17) is 0 Å². The molecule has 2 heterocycles. The van der Waals surface area contributed by atoms with E-state index >= 15 is 0 Å². The third-order valence-electron chi connectivity index (χ3n) is 3.74. The molecule has 0 unspecified atom stereocenters. The van der Waals surface area contributed by atoms with Crippen LogP contribution in [0.25, 0.3) is 5.57 Å². The summed E-state index contributed by atoms with van der Waals surface area (Å²) in [6.45, 7) is 0. The van der Waals surface area contributed by atoms with Gasteiger partial charge in [-0.15, -0.1) is 0 Å². The van der Waals surface area contributed by atoms with Crippen LogP contribution in [0.5, 0.6) is 0 Å². The van der Waals surface area contributed by atoms with Crippen molar-refractivity contribution in [1.82, 2.24) is 15.3 Å². The van der Waals surface area contributed by atoms with Gasteiger partial charge in [0.05, 0.1) is 16.0 Å². The highest BCUT2D eigenvalue weighted by Gasteiger charge is 2.17. The Morgan fingerprint density at radius 3 is 2.95 bits per heavy atom. The number of rotatable bonds is 3. The number of nitriles is 1. The Bertz CT molecular complexity index is 693. The number of halogens is 1. The van der Waals surface area contributed by atoms with Gasteiger partial charge in [0, 0.05) is 12.2 Å². The molecular formula is C16H16BrN5. The molecule has 1 aromatic heterocycles. The second-order valence-corrected chi connectivity index (χ2v) is 6.14. The Morgan fingerprint density at radius 2 is 2.23 bits per heavy atom. The van der Waals surface area contributed by atoms with Crippen LogP contribution in [0.15, 0.2) is 40.8 Å². The summed E-state index contributed by atoms with van der Waals surface area (Å²) in [7, 11) is 0. The Balaban J connectivity index is 1.87. The molecule has 0 bridgehead atoms. The number of dihydropyridines is 1. The number of hydrogen-bond acceptors (Lipinski definition) is 5. The quantitative estimate of drug-likeness (QED) is 0.639. The Morgan fingerprint density at radius 1 is 1.41 bits per heavy atom. The lowest BCUT2D eigenvalue weighted by Crippen LogP contribution is -2.17. The van der Waals surface area contributed by atoms with Crippen molar-refractivity contribution in [2.24, 2.45) is 0 Å². The molecule has 1 fully saturated rings. The van der Waals surface area contributed by atoms with Gasteiger partial charge in [-0.25, -0.2) is 9.97 Å². The van der Waals surface area contributed by atoms with Crippen LogP contribution in [0, 0.1) is 11.3 Å². The number of anilines is 1. The van der Waals surface area contributed by atoms with Crippen LogP contribution in [-0.2, 0) is 0 Å². The summed E-state index contributed by atoms with van der Waals surface area (Å²) in [6.07, 6.45) is 12.1. The van der Waals surface area contributed by atoms with Gasteiger partial charge in [0.2, 0.25) is 5.95 Å². The second-order valence-electron chi connectivity index (χ2n) is 5.29. The van der Waals surface area contributed by atoms with Crippen molar-refractivity contribution < 1.29 is 0 Å². The number of aromatic nitrogens is 2. The molecule has 0 amide bonds. The Hall–Kier alpha value is -2.13. The van der Waals surface area contributed by atoms with E-state index in [1.54, 1.807) is 12.3 Å². The average molecular weight is 358 g/mol. The summed E-state index contributed by atoms with van der Waals surface area (Å²) < 4.78 is 0.816. The highest BCUT2D eigenvalue weighted by Crippen LogP contribution is 2.23. The molecule has 6 heteroatoms. The van der Waals surface area contributed by atoms with E-state index in [2.05, 4.69) is 42.6 Å². The number of allylic oxidation sites excluding steroid dienone is 4. The second kappa shape index (κ2) is 6.75. The fraction of sp³-hybridized carbons (Fsp3) is 0.312. The molecule has 0 saturated heterocycles. The molecule has 22 heavy (non-hydrogen) atoms. The van der Waals surface area contributed by atoms with E-state index in [-0.39, 0.29) is 0 Å². The van der Waals surface area contributed by atoms with Crippen molar-refractivity contribution in [3.63, 3.8) is 0 Å². The van der Waals surface area contributed by atoms with Crippen molar-refractivity contribution in [2.45, 2.75) is 31.7 Å². The lowest BCUT2D eigenvalue weighted by molar-refractivity contribution is 0.743. The first-order valence-electron chi connectivity index (χ1n) is 7.31. The molecule has 5 nitrogen and oxygen atoms in total. The molecule has 1 aromatic rings. The van der Waals surface area contributed by atoms with Gasteiger partial charge in [-0.3, -0.25) is 0 Å². The molecule has 0 radical (unpaired) electrons. The zero-order chi connectivity index (χ0) is 15.4. The summed E-state index contributed by atoms with van der Waals surface area (Å²) in [5.74, 6) is 0.590. The highest BCUT2D eigenvalue weighted by atomic mass is 79.9. The monoisotopic (exact) mass is 357 g/mol. The van der Waals surface area contributed by atoms with Crippen molar-refractivity contribution in [3.8, 4) is 6.07 Å². The first-order chi connectivity index (χ1) is 10.8. The molecule has 1 aliphatic heterocycles. The number of hydrogen-bond donors (Lipinski definition) is 2. The van der Waals surface area contributed by atoms with Crippen molar-refractivity contribution in [1.29, 1.82) is 5.26 Å². The molecular weight excluding hydrogens is 342 g/mol. The van der Waals surface area contributed by atoms with Gasteiger partial charge in [-0.1, -0.05) is 18.9 Å². The number of nitrogens with zero attached hydrogens (tertiary/aromatic N) is 3. The minimum absolute atomic E-state index is 0.443. The van der Waals surface area contributed by atoms with Crippen LogP contribution < -0.4 is 10.6 Å². The maximum absolute atomic E-state index is 9.50. The van der Waals surface area contributed by atoms with Crippen LogP contribution in [0.1, 0.15) is 31.4 Å². The number of nitrogens with one attached hydrogen (secondary N) is 2. The fourth-order valence-electron chi connectivity index (χ4n) is 2.66. The summed E-state index contributed by atoms with van der Waals surface area (Å²) in [5, 5.41) is 16.0. The van der Waals surface area contributed by atoms with Crippen LogP contribution >= 0.6 is 15.9 Å². The van der Waals surface area contributed by atoms with Gasteiger partial charge in [0.25, 0.3) is 0 Å². The Labute approximate surface area is 138 Å². The summed E-state index contributed by atoms with van der Waals surface area (Å²) in [4.78, 5) is 8.76. The molecule has 112 valence electrons. The molecule has 1 aliphatic carbocycles. The molecule has 1 saturated carbocycles. The molecule has 0 spiro atoms.